The third kappa shape index (κ3) is 3.30. The molecule has 108 valence electrons. The van der Waals surface area contributed by atoms with Crippen LogP contribution in [0.1, 0.15) is 10.4 Å². The van der Waals surface area contributed by atoms with Crippen molar-refractivity contribution in [1.82, 2.24) is 9.78 Å². The molecular formula is C17H12ClN3O. The first-order valence-electron chi connectivity index (χ1n) is 6.67. The van der Waals surface area contributed by atoms with Crippen molar-refractivity contribution in [2.75, 3.05) is 0 Å². The van der Waals surface area contributed by atoms with Gasteiger partial charge in [0.15, 0.2) is 0 Å². The van der Waals surface area contributed by atoms with Crippen LogP contribution in [0, 0.1) is 0 Å². The van der Waals surface area contributed by atoms with Crippen LogP contribution in [0.5, 0.6) is 0 Å². The van der Waals surface area contributed by atoms with Gasteiger partial charge in [0.05, 0.1) is 17.2 Å². The van der Waals surface area contributed by atoms with Crippen molar-refractivity contribution in [1.29, 1.82) is 0 Å². The summed E-state index contributed by atoms with van der Waals surface area (Å²) in [6.07, 6.45) is 3.31. The van der Waals surface area contributed by atoms with Gasteiger partial charge in [-0.3, -0.25) is 4.79 Å². The molecule has 1 amide bonds. The van der Waals surface area contributed by atoms with Gasteiger partial charge in [-0.1, -0.05) is 35.9 Å². The van der Waals surface area contributed by atoms with Crippen molar-refractivity contribution in [2.45, 2.75) is 0 Å². The van der Waals surface area contributed by atoms with Gasteiger partial charge in [0.25, 0.3) is 5.91 Å². The molecule has 0 fully saturated rings. The zero-order valence-corrected chi connectivity index (χ0v) is 12.3. The van der Waals surface area contributed by atoms with E-state index in [9.17, 15) is 4.79 Å². The second-order valence-corrected chi connectivity index (χ2v) is 5.03. The molecule has 0 bridgehead atoms. The Bertz CT molecular complexity index is 852. The van der Waals surface area contributed by atoms with Crippen LogP contribution in [-0.4, -0.2) is 15.7 Å². The molecule has 2 aromatic carbocycles. The predicted octanol–water partition coefficient (Wildman–Crippen LogP) is 3.27. The third-order valence-electron chi connectivity index (χ3n) is 3.02. The van der Waals surface area contributed by atoms with E-state index in [1.807, 2.05) is 30.3 Å². The van der Waals surface area contributed by atoms with E-state index >= 15 is 0 Å². The van der Waals surface area contributed by atoms with E-state index in [4.69, 9.17) is 11.6 Å². The Balaban J connectivity index is 1.88. The number of amides is 1. The highest BCUT2D eigenvalue weighted by molar-refractivity contribution is 6.30. The smallest absolute Gasteiger partial charge is 0.267 e. The first-order valence-corrected chi connectivity index (χ1v) is 7.05. The molecule has 0 saturated carbocycles. The van der Waals surface area contributed by atoms with Gasteiger partial charge in [0, 0.05) is 16.8 Å². The lowest BCUT2D eigenvalue weighted by molar-refractivity contribution is 0.0998. The first kappa shape index (κ1) is 14.2. The largest absolute Gasteiger partial charge is 0.277 e. The summed E-state index contributed by atoms with van der Waals surface area (Å²) in [6, 6.07) is 18.1. The van der Waals surface area contributed by atoms with Gasteiger partial charge < -0.3 is 0 Å². The summed E-state index contributed by atoms with van der Waals surface area (Å²) in [5, 5.41) is 5.26. The number of nitrogens with zero attached hydrogens (tertiary/aromatic N) is 3. The number of hydrogen-bond donors (Lipinski definition) is 0. The maximum atomic E-state index is 12.1. The number of carbonyl (C=O) groups is 1. The fourth-order valence-corrected chi connectivity index (χ4v) is 2.14. The second kappa shape index (κ2) is 6.37. The number of rotatable bonds is 2. The van der Waals surface area contributed by atoms with E-state index in [1.165, 1.54) is 0 Å². The molecule has 0 radical (unpaired) electrons. The van der Waals surface area contributed by atoms with Crippen LogP contribution in [0.3, 0.4) is 0 Å². The molecule has 0 aliphatic carbocycles. The van der Waals surface area contributed by atoms with E-state index in [2.05, 4.69) is 10.1 Å². The fourth-order valence-electron chi connectivity index (χ4n) is 1.95. The monoisotopic (exact) mass is 309 g/mol. The highest BCUT2D eigenvalue weighted by atomic mass is 35.5. The molecule has 0 unspecified atom stereocenters. The first-order chi connectivity index (χ1) is 10.7. The molecule has 0 aliphatic heterocycles. The van der Waals surface area contributed by atoms with Gasteiger partial charge in [-0.25, -0.2) is 9.67 Å². The minimum Gasteiger partial charge on any atom is -0.267 e. The number of halogens is 1. The lowest BCUT2D eigenvalue weighted by atomic mass is 10.2. The molecule has 0 spiro atoms. The molecule has 1 heterocycles. The highest BCUT2D eigenvalue weighted by Gasteiger charge is 2.03. The van der Waals surface area contributed by atoms with Crippen molar-refractivity contribution in [3.8, 4) is 5.69 Å². The lowest BCUT2D eigenvalue weighted by Gasteiger charge is -2.03. The number of benzene rings is 2. The number of para-hydroxylation sites is 1. The van der Waals surface area contributed by atoms with Crippen molar-refractivity contribution in [3.05, 3.63) is 89.0 Å². The maximum Gasteiger partial charge on any atom is 0.277 e. The predicted molar refractivity (Wildman–Crippen MR) is 84.9 cm³/mol. The molecular weight excluding hydrogens is 298 g/mol. The summed E-state index contributed by atoms with van der Waals surface area (Å²) in [5.74, 6) is -0.346. The summed E-state index contributed by atoms with van der Waals surface area (Å²) < 4.78 is 1.71. The van der Waals surface area contributed by atoms with Gasteiger partial charge in [0.2, 0.25) is 0 Å². The van der Waals surface area contributed by atoms with Gasteiger partial charge in [0.1, 0.15) is 0 Å². The van der Waals surface area contributed by atoms with Gasteiger partial charge in [-0.2, -0.15) is 5.10 Å². The SMILES string of the molecule is O=C(/N=c1\ccn(-c2ccccc2)nc1)c1cccc(Cl)c1. The third-order valence-corrected chi connectivity index (χ3v) is 3.26. The number of hydrogen-bond acceptors (Lipinski definition) is 2. The van der Waals surface area contributed by atoms with Crippen LogP contribution in [0.25, 0.3) is 5.69 Å². The van der Waals surface area contributed by atoms with Crippen LogP contribution >= 0.6 is 11.6 Å². The Kier molecular flexibility index (Phi) is 4.12. The van der Waals surface area contributed by atoms with E-state index in [0.29, 0.717) is 15.9 Å². The Morgan fingerprint density at radius 3 is 2.55 bits per heavy atom. The number of carbonyl (C=O) groups excluding carboxylic acids is 1. The summed E-state index contributed by atoms with van der Waals surface area (Å²) in [5.41, 5.74) is 1.39. The van der Waals surface area contributed by atoms with Crippen molar-refractivity contribution >= 4 is 17.5 Å². The van der Waals surface area contributed by atoms with E-state index in [0.717, 1.165) is 5.69 Å². The van der Waals surface area contributed by atoms with E-state index in [1.54, 1.807) is 47.4 Å². The van der Waals surface area contributed by atoms with Crippen LogP contribution in [-0.2, 0) is 0 Å². The molecule has 0 N–H and O–H groups in total. The van der Waals surface area contributed by atoms with Crippen LogP contribution in [0.2, 0.25) is 5.02 Å². The Morgan fingerprint density at radius 1 is 1.05 bits per heavy atom. The van der Waals surface area contributed by atoms with Crippen LogP contribution in [0.4, 0.5) is 0 Å². The van der Waals surface area contributed by atoms with Crippen molar-refractivity contribution in [2.24, 2.45) is 4.99 Å². The molecule has 0 aliphatic rings. The molecule has 0 saturated heterocycles. The molecule has 4 nitrogen and oxygen atoms in total. The van der Waals surface area contributed by atoms with E-state index in [-0.39, 0.29) is 5.91 Å². The molecule has 1 aromatic heterocycles. The molecule has 3 rings (SSSR count). The Labute approximate surface area is 132 Å². The zero-order chi connectivity index (χ0) is 15.4. The lowest BCUT2D eigenvalue weighted by Crippen LogP contribution is -2.11. The normalized spacial score (nSPS) is 11.4. The van der Waals surface area contributed by atoms with Gasteiger partial charge >= 0.3 is 0 Å². The summed E-state index contributed by atoms with van der Waals surface area (Å²) >= 11 is 5.87. The van der Waals surface area contributed by atoms with Crippen molar-refractivity contribution < 1.29 is 4.79 Å². The molecule has 22 heavy (non-hydrogen) atoms. The number of aromatic nitrogens is 2. The van der Waals surface area contributed by atoms with E-state index < -0.39 is 0 Å². The topological polar surface area (TPSA) is 47.2 Å². The Hall–Kier alpha value is -2.72. The van der Waals surface area contributed by atoms with Crippen molar-refractivity contribution in [3.63, 3.8) is 0 Å². The molecule has 5 heteroatoms. The summed E-state index contributed by atoms with van der Waals surface area (Å²) in [6.45, 7) is 0. The van der Waals surface area contributed by atoms with Crippen LogP contribution in [0.15, 0.2) is 78.0 Å². The standard InChI is InChI=1S/C17H12ClN3O/c18-14-6-4-5-13(11-14)17(22)20-15-9-10-21(19-12-15)16-7-2-1-3-8-16/h1-12H/b20-15+. The average Bonchev–Trinajstić information content (AvgIpc) is 2.56. The fraction of sp³-hybridized carbons (Fsp3) is 0. The minimum atomic E-state index is -0.346. The van der Waals surface area contributed by atoms with Gasteiger partial charge in [-0.15, -0.1) is 0 Å². The minimum absolute atomic E-state index is 0.346. The summed E-state index contributed by atoms with van der Waals surface area (Å²) in [7, 11) is 0. The van der Waals surface area contributed by atoms with Gasteiger partial charge in [-0.05, 0) is 36.4 Å². The molecule has 3 aromatic rings. The average molecular weight is 310 g/mol. The maximum absolute atomic E-state index is 12.1. The quantitative estimate of drug-likeness (QED) is 0.729. The zero-order valence-electron chi connectivity index (χ0n) is 11.6. The highest BCUT2D eigenvalue weighted by Crippen LogP contribution is 2.11. The van der Waals surface area contributed by atoms with Crippen LogP contribution < -0.4 is 5.36 Å². The molecule has 0 atom stereocenters. The Morgan fingerprint density at radius 2 is 1.86 bits per heavy atom. The summed E-state index contributed by atoms with van der Waals surface area (Å²) in [4.78, 5) is 16.1. The second-order valence-electron chi connectivity index (χ2n) is 4.59.